The van der Waals surface area contributed by atoms with E-state index < -0.39 is 0 Å². The van der Waals surface area contributed by atoms with Crippen LogP contribution in [0.25, 0.3) is 0 Å². The third-order valence-electron chi connectivity index (χ3n) is 4.13. The molecule has 0 N–H and O–H groups in total. The molecular weight excluding hydrogens is 340 g/mol. The van der Waals surface area contributed by atoms with Crippen LogP contribution in [0.2, 0.25) is 5.02 Å². The maximum absolute atomic E-state index is 13.0. The van der Waals surface area contributed by atoms with E-state index in [2.05, 4.69) is 32.6 Å². The molecule has 1 aromatic carbocycles. The first-order valence-electron chi connectivity index (χ1n) is 8.80. The van der Waals surface area contributed by atoms with Crippen LogP contribution in [0, 0.1) is 5.92 Å². The number of ether oxygens (including phenoxy) is 2. The van der Waals surface area contributed by atoms with Crippen LogP contribution < -0.4 is 9.47 Å². The zero-order valence-corrected chi connectivity index (χ0v) is 17.0. The fourth-order valence-corrected chi connectivity index (χ4v) is 3.03. The standard InChI is InChI=1S/C19H31ClN2O3/c1-7-21(8-2)9-10-22(13-14(3)4)19(23)15-11-16(20)18(25-6)17(12-15)24-5/h11-12,14H,7-10,13H2,1-6H3. The second kappa shape index (κ2) is 10.5. The Balaban J connectivity index is 3.05. The molecule has 0 bridgehead atoms. The summed E-state index contributed by atoms with van der Waals surface area (Å²) in [4.78, 5) is 17.2. The predicted octanol–water partition coefficient (Wildman–Crippen LogP) is 3.80. The molecule has 142 valence electrons. The van der Waals surface area contributed by atoms with Gasteiger partial charge in [0.05, 0.1) is 19.2 Å². The summed E-state index contributed by atoms with van der Waals surface area (Å²) in [6.07, 6.45) is 0. The van der Waals surface area contributed by atoms with Gasteiger partial charge in [0.15, 0.2) is 11.5 Å². The summed E-state index contributed by atoms with van der Waals surface area (Å²) in [6.45, 7) is 12.7. The predicted molar refractivity (Wildman–Crippen MR) is 103 cm³/mol. The number of amides is 1. The Kier molecular flexibility index (Phi) is 9.08. The van der Waals surface area contributed by atoms with Crippen molar-refractivity contribution in [1.82, 2.24) is 9.80 Å². The summed E-state index contributed by atoms with van der Waals surface area (Å²) in [7, 11) is 3.06. The Hall–Kier alpha value is -1.46. The normalized spacial score (nSPS) is 11.1. The van der Waals surface area contributed by atoms with Gasteiger partial charge in [-0.25, -0.2) is 0 Å². The summed E-state index contributed by atoms with van der Waals surface area (Å²) < 4.78 is 10.6. The van der Waals surface area contributed by atoms with Crippen molar-refractivity contribution in [1.29, 1.82) is 0 Å². The number of halogens is 1. The number of nitrogens with zero attached hydrogens (tertiary/aromatic N) is 2. The van der Waals surface area contributed by atoms with E-state index in [1.54, 1.807) is 12.1 Å². The highest BCUT2D eigenvalue weighted by Crippen LogP contribution is 2.36. The number of hydrogen-bond donors (Lipinski definition) is 0. The summed E-state index contributed by atoms with van der Waals surface area (Å²) in [6, 6.07) is 3.34. The molecule has 0 heterocycles. The van der Waals surface area contributed by atoms with Gasteiger partial charge in [0.1, 0.15) is 0 Å². The minimum atomic E-state index is -0.0382. The maximum Gasteiger partial charge on any atom is 0.254 e. The quantitative estimate of drug-likeness (QED) is 0.628. The van der Waals surface area contributed by atoms with E-state index in [1.165, 1.54) is 14.2 Å². The lowest BCUT2D eigenvalue weighted by Crippen LogP contribution is -2.40. The lowest BCUT2D eigenvalue weighted by Gasteiger charge is -2.28. The SMILES string of the molecule is CCN(CC)CCN(CC(C)C)C(=O)c1cc(Cl)c(OC)c(OC)c1. The van der Waals surface area contributed by atoms with Gasteiger partial charge in [-0.1, -0.05) is 39.3 Å². The lowest BCUT2D eigenvalue weighted by atomic mass is 10.1. The summed E-state index contributed by atoms with van der Waals surface area (Å²) in [5.41, 5.74) is 0.517. The van der Waals surface area contributed by atoms with E-state index in [9.17, 15) is 4.79 Å². The average Bonchev–Trinajstić information content (AvgIpc) is 2.59. The summed E-state index contributed by atoms with van der Waals surface area (Å²) >= 11 is 6.26. The monoisotopic (exact) mass is 370 g/mol. The Labute approximate surface area is 156 Å². The first-order valence-corrected chi connectivity index (χ1v) is 9.18. The van der Waals surface area contributed by atoms with Gasteiger partial charge in [0, 0.05) is 25.2 Å². The van der Waals surface area contributed by atoms with Crippen molar-refractivity contribution in [2.45, 2.75) is 27.7 Å². The van der Waals surface area contributed by atoms with Crippen molar-refractivity contribution >= 4 is 17.5 Å². The number of rotatable bonds is 10. The van der Waals surface area contributed by atoms with Gasteiger partial charge in [-0.05, 0) is 31.1 Å². The fraction of sp³-hybridized carbons (Fsp3) is 0.632. The van der Waals surface area contributed by atoms with Crippen LogP contribution in [0.5, 0.6) is 11.5 Å². The fourth-order valence-electron chi connectivity index (χ4n) is 2.74. The van der Waals surface area contributed by atoms with E-state index in [4.69, 9.17) is 21.1 Å². The number of carbonyl (C=O) groups is 1. The van der Waals surface area contributed by atoms with Gasteiger partial charge in [0.2, 0.25) is 0 Å². The van der Waals surface area contributed by atoms with Gasteiger partial charge in [0.25, 0.3) is 5.91 Å². The van der Waals surface area contributed by atoms with Crippen molar-refractivity contribution in [3.63, 3.8) is 0 Å². The second-order valence-electron chi connectivity index (χ2n) is 6.37. The van der Waals surface area contributed by atoms with Crippen LogP contribution >= 0.6 is 11.6 Å². The number of benzene rings is 1. The van der Waals surface area contributed by atoms with Crippen molar-refractivity contribution in [2.24, 2.45) is 5.92 Å². The average molecular weight is 371 g/mol. The first-order chi connectivity index (χ1) is 11.9. The topological polar surface area (TPSA) is 42.0 Å². The molecule has 1 rings (SSSR count). The van der Waals surface area contributed by atoms with E-state index >= 15 is 0 Å². The highest BCUT2D eigenvalue weighted by Gasteiger charge is 2.21. The third-order valence-corrected chi connectivity index (χ3v) is 4.41. The Morgan fingerprint density at radius 3 is 2.24 bits per heavy atom. The van der Waals surface area contributed by atoms with Gasteiger partial charge in [-0.15, -0.1) is 0 Å². The molecule has 0 aliphatic rings. The summed E-state index contributed by atoms with van der Waals surface area (Å²) in [5, 5.41) is 0.374. The zero-order valence-electron chi connectivity index (χ0n) is 16.3. The van der Waals surface area contributed by atoms with Crippen molar-refractivity contribution in [3.05, 3.63) is 22.7 Å². The minimum Gasteiger partial charge on any atom is -0.493 e. The summed E-state index contributed by atoms with van der Waals surface area (Å²) in [5.74, 6) is 1.26. The highest BCUT2D eigenvalue weighted by molar-refractivity contribution is 6.32. The van der Waals surface area contributed by atoms with E-state index in [1.807, 2.05) is 4.90 Å². The molecule has 0 saturated carbocycles. The number of hydrogen-bond acceptors (Lipinski definition) is 4. The van der Waals surface area contributed by atoms with Crippen LogP contribution in [-0.4, -0.2) is 62.7 Å². The van der Waals surface area contributed by atoms with Crippen molar-refractivity contribution < 1.29 is 14.3 Å². The van der Waals surface area contributed by atoms with E-state index in [0.717, 1.165) is 19.6 Å². The van der Waals surface area contributed by atoms with Crippen LogP contribution in [0.4, 0.5) is 0 Å². The molecule has 0 unspecified atom stereocenters. The van der Waals surface area contributed by atoms with Gasteiger partial charge in [-0.3, -0.25) is 4.79 Å². The van der Waals surface area contributed by atoms with Crippen LogP contribution in [-0.2, 0) is 0 Å². The van der Waals surface area contributed by atoms with Gasteiger partial charge < -0.3 is 19.3 Å². The largest absolute Gasteiger partial charge is 0.493 e. The molecule has 1 amide bonds. The highest BCUT2D eigenvalue weighted by atomic mass is 35.5. The molecule has 0 fully saturated rings. The third kappa shape index (κ3) is 6.08. The van der Waals surface area contributed by atoms with E-state index in [-0.39, 0.29) is 5.91 Å². The van der Waals surface area contributed by atoms with Crippen LogP contribution in [0.3, 0.4) is 0 Å². The molecule has 5 nitrogen and oxygen atoms in total. The number of methoxy groups -OCH3 is 2. The Morgan fingerprint density at radius 2 is 1.76 bits per heavy atom. The molecule has 0 atom stereocenters. The van der Waals surface area contributed by atoms with Crippen LogP contribution in [0.1, 0.15) is 38.1 Å². The second-order valence-corrected chi connectivity index (χ2v) is 6.77. The molecular formula is C19H31ClN2O3. The van der Waals surface area contributed by atoms with Crippen molar-refractivity contribution in [2.75, 3.05) is 46.9 Å². The molecule has 0 aromatic heterocycles. The van der Waals surface area contributed by atoms with Gasteiger partial charge >= 0.3 is 0 Å². The minimum absolute atomic E-state index is 0.0382. The molecule has 0 spiro atoms. The number of carbonyl (C=O) groups excluding carboxylic acids is 1. The smallest absolute Gasteiger partial charge is 0.254 e. The van der Waals surface area contributed by atoms with Gasteiger partial charge in [-0.2, -0.15) is 0 Å². The Morgan fingerprint density at radius 1 is 1.12 bits per heavy atom. The van der Waals surface area contributed by atoms with Crippen LogP contribution in [0.15, 0.2) is 12.1 Å². The molecule has 25 heavy (non-hydrogen) atoms. The zero-order chi connectivity index (χ0) is 19.0. The molecule has 0 radical (unpaired) electrons. The van der Waals surface area contributed by atoms with E-state index in [0.29, 0.717) is 41.1 Å². The number of likely N-dealkylation sites (N-methyl/N-ethyl adjacent to an activating group) is 1. The Bertz CT molecular complexity index is 560. The molecule has 1 aromatic rings. The van der Waals surface area contributed by atoms with Crippen molar-refractivity contribution in [3.8, 4) is 11.5 Å². The maximum atomic E-state index is 13.0. The molecule has 0 saturated heterocycles. The molecule has 0 aliphatic carbocycles. The lowest BCUT2D eigenvalue weighted by molar-refractivity contribution is 0.0716. The first kappa shape index (κ1) is 21.6. The molecule has 0 aliphatic heterocycles. The molecule has 6 heteroatoms.